The molecule has 1 aromatic carbocycles. The summed E-state index contributed by atoms with van der Waals surface area (Å²) in [6.07, 6.45) is 4.48. The highest BCUT2D eigenvalue weighted by Crippen LogP contribution is 2.31. The van der Waals surface area contributed by atoms with Gasteiger partial charge in [0, 0.05) is 18.9 Å². The van der Waals surface area contributed by atoms with Crippen molar-refractivity contribution in [1.29, 1.82) is 0 Å². The average molecular weight is 309 g/mol. The number of aromatic nitrogens is 2. The van der Waals surface area contributed by atoms with Gasteiger partial charge in [0.1, 0.15) is 16.7 Å². The molecule has 1 aromatic heterocycles. The Bertz CT molecular complexity index is 568. The van der Waals surface area contributed by atoms with Gasteiger partial charge in [0.25, 0.3) is 0 Å². The van der Waals surface area contributed by atoms with Crippen LogP contribution >= 0.6 is 11.8 Å². The fourth-order valence-electron chi connectivity index (χ4n) is 1.76. The van der Waals surface area contributed by atoms with Crippen LogP contribution in [0.4, 0.5) is 8.78 Å². The molecule has 0 fully saturated rings. The molecular formula is C15H17F2N3S. The average Bonchev–Trinajstić information content (AvgIpc) is 2.44. The summed E-state index contributed by atoms with van der Waals surface area (Å²) in [6.45, 7) is 5.41. The van der Waals surface area contributed by atoms with Crippen LogP contribution < -0.4 is 5.32 Å². The van der Waals surface area contributed by atoms with E-state index in [0.717, 1.165) is 18.3 Å². The number of hydrogen-bond acceptors (Lipinski definition) is 4. The Balaban J connectivity index is 2.10. The van der Waals surface area contributed by atoms with Crippen molar-refractivity contribution in [1.82, 2.24) is 15.3 Å². The number of nitrogens with zero attached hydrogens (tertiary/aromatic N) is 2. The Morgan fingerprint density at radius 2 is 1.90 bits per heavy atom. The van der Waals surface area contributed by atoms with Gasteiger partial charge >= 0.3 is 0 Å². The third-order valence-corrected chi connectivity index (χ3v) is 3.70. The summed E-state index contributed by atoms with van der Waals surface area (Å²) in [7, 11) is 0. The maximum absolute atomic E-state index is 14.0. The molecule has 2 aromatic rings. The smallest absolute Gasteiger partial charge is 0.140 e. The van der Waals surface area contributed by atoms with Gasteiger partial charge in [-0.25, -0.2) is 13.8 Å². The number of hydrogen-bond donors (Lipinski definition) is 1. The van der Waals surface area contributed by atoms with Gasteiger partial charge in [-0.2, -0.15) is 0 Å². The van der Waals surface area contributed by atoms with Crippen LogP contribution in [0.3, 0.4) is 0 Å². The van der Waals surface area contributed by atoms with Crippen LogP contribution in [-0.2, 0) is 6.54 Å². The maximum Gasteiger partial charge on any atom is 0.140 e. The van der Waals surface area contributed by atoms with E-state index in [-0.39, 0.29) is 4.90 Å². The second-order valence-electron chi connectivity index (χ2n) is 5.06. The van der Waals surface area contributed by atoms with E-state index in [4.69, 9.17) is 0 Å². The molecular weight excluding hydrogens is 292 g/mol. The molecule has 0 unspecified atom stereocenters. The monoisotopic (exact) mass is 309 g/mol. The number of nitrogens with one attached hydrogen (secondary N) is 1. The third kappa shape index (κ3) is 4.75. The van der Waals surface area contributed by atoms with E-state index >= 15 is 0 Å². The minimum absolute atomic E-state index is 0.0527. The van der Waals surface area contributed by atoms with Gasteiger partial charge < -0.3 is 5.32 Å². The van der Waals surface area contributed by atoms with E-state index in [1.807, 2.05) is 0 Å². The molecule has 0 saturated heterocycles. The van der Waals surface area contributed by atoms with E-state index in [2.05, 4.69) is 29.1 Å². The summed E-state index contributed by atoms with van der Waals surface area (Å²) in [5.41, 5.74) is 0.592. The van der Waals surface area contributed by atoms with Crippen molar-refractivity contribution in [3.05, 3.63) is 47.9 Å². The van der Waals surface area contributed by atoms with E-state index in [0.29, 0.717) is 23.1 Å². The summed E-state index contributed by atoms with van der Waals surface area (Å²) in [5.74, 6) is -0.662. The van der Waals surface area contributed by atoms with Crippen LogP contribution in [0, 0.1) is 17.6 Å². The first kappa shape index (κ1) is 15.9. The fraction of sp³-hybridized carbons (Fsp3) is 0.333. The van der Waals surface area contributed by atoms with Crippen molar-refractivity contribution in [2.24, 2.45) is 5.92 Å². The minimum atomic E-state index is -0.577. The lowest BCUT2D eigenvalue weighted by Gasteiger charge is -2.10. The van der Waals surface area contributed by atoms with Gasteiger partial charge in [-0.1, -0.05) is 25.6 Å². The lowest BCUT2D eigenvalue weighted by atomic mass is 10.2. The van der Waals surface area contributed by atoms with Crippen LogP contribution in [0.15, 0.2) is 40.6 Å². The van der Waals surface area contributed by atoms with Crippen LogP contribution in [-0.4, -0.2) is 16.5 Å². The van der Waals surface area contributed by atoms with Gasteiger partial charge in [0.15, 0.2) is 0 Å². The first-order valence-corrected chi connectivity index (χ1v) is 7.50. The molecule has 112 valence electrons. The molecule has 0 bridgehead atoms. The number of rotatable bonds is 6. The van der Waals surface area contributed by atoms with Crippen molar-refractivity contribution >= 4 is 11.8 Å². The topological polar surface area (TPSA) is 37.8 Å². The predicted molar refractivity (Wildman–Crippen MR) is 79.1 cm³/mol. The lowest BCUT2D eigenvalue weighted by Crippen LogP contribution is -2.19. The van der Waals surface area contributed by atoms with Gasteiger partial charge in [-0.3, -0.25) is 4.98 Å². The standard InChI is InChI=1S/C15H17F2N3S/c1-10(2)7-19-8-11-5-12(16)15(13(17)6-11)21-14-9-18-3-4-20-14/h3-6,9-10,19H,7-8H2,1-2H3. The number of halogens is 2. The van der Waals surface area contributed by atoms with Crippen molar-refractivity contribution in [3.63, 3.8) is 0 Å². The summed E-state index contributed by atoms with van der Waals surface area (Å²) in [5, 5.41) is 3.62. The Morgan fingerprint density at radius 1 is 1.19 bits per heavy atom. The van der Waals surface area contributed by atoms with Gasteiger partial charge in [-0.15, -0.1) is 0 Å². The Labute approximate surface area is 127 Å². The van der Waals surface area contributed by atoms with Crippen molar-refractivity contribution in [2.45, 2.75) is 30.3 Å². The molecule has 0 atom stereocenters. The van der Waals surface area contributed by atoms with Gasteiger partial charge in [0.05, 0.1) is 11.1 Å². The van der Waals surface area contributed by atoms with Gasteiger partial charge in [0.2, 0.25) is 0 Å². The molecule has 1 N–H and O–H groups in total. The number of benzene rings is 1. The molecule has 2 rings (SSSR count). The Hall–Kier alpha value is -1.53. The molecule has 0 saturated carbocycles. The van der Waals surface area contributed by atoms with Crippen molar-refractivity contribution in [3.8, 4) is 0 Å². The van der Waals surface area contributed by atoms with Crippen LogP contribution in [0.5, 0.6) is 0 Å². The molecule has 3 nitrogen and oxygen atoms in total. The molecule has 0 radical (unpaired) electrons. The maximum atomic E-state index is 14.0. The highest BCUT2D eigenvalue weighted by Gasteiger charge is 2.13. The third-order valence-electron chi connectivity index (χ3n) is 2.69. The molecule has 0 spiro atoms. The first-order chi connectivity index (χ1) is 10.1. The second-order valence-corrected chi connectivity index (χ2v) is 6.09. The van der Waals surface area contributed by atoms with Crippen molar-refractivity contribution in [2.75, 3.05) is 6.54 Å². The molecule has 1 heterocycles. The summed E-state index contributed by atoms with van der Waals surface area (Å²) < 4.78 is 28.1. The van der Waals surface area contributed by atoms with Crippen LogP contribution in [0.25, 0.3) is 0 Å². The van der Waals surface area contributed by atoms with E-state index < -0.39 is 11.6 Å². The quantitative estimate of drug-likeness (QED) is 0.884. The normalized spacial score (nSPS) is 11.1. The highest BCUT2D eigenvalue weighted by molar-refractivity contribution is 7.99. The van der Waals surface area contributed by atoms with E-state index in [9.17, 15) is 8.78 Å². The molecule has 6 heteroatoms. The predicted octanol–water partition coefficient (Wildman–Crippen LogP) is 3.65. The van der Waals surface area contributed by atoms with Crippen molar-refractivity contribution < 1.29 is 8.78 Å². The van der Waals surface area contributed by atoms with Crippen LogP contribution in [0.1, 0.15) is 19.4 Å². The largest absolute Gasteiger partial charge is 0.312 e. The fourth-order valence-corrected chi connectivity index (χ4v) is 2.51. The summed E-state index contributed by atoms with van der Waals surface area (Å²) >= 11 is 0.934. The molecule has 0 amide bonds. The van der Waals surface area contributed by atoms with E-state index in [1.54, 1.807) is 0 Å². The zero-order valence-corrected chi connectivity index (χ0v) is 12.8. The molecule has 0 aliphatic rings. The Kier molecular flexibility index (Phi) is 5.64. The minimum Gasteiger partial charge on any atom is -0.312 e. The van der Waals surface area contributed by atoms with Gasteiger partial charge in [-0.05, 0) is 30.2 Å². The zero-order chi connectivity index (χ0) is 15.2. The molecule has 0 aliphatic carbocycles. The lowest BCUT2D eigenvalue weighted by molar-refractivity contribution is 0.525. The SMILES string of the molecule is CC(C)CNCc1cc(F)c(Sc2cnccn2)c(F)c1. The van der Waals surface area contributed by atoms with E-state index in [1.165, 1.54) is 30.7 Å². The second kappa shape index (κ2) is 7.47. The molecule has 0 aliphatic heterocycles. The zero-order valence-electron chi connectivity index (χ0n) is 11.9. The Morgan fingerprint density at radius 3 is 2.48 bits per heavy atom. The molecule has 21 heavy (non-hydrogen) atoms. The first-order valence-electron chi connectivity index (χ1n) is 6.68. The van der Waals surface area contributed by atoms with Crippen LogP contribution in [0.2, 0.25) is 0 Å². The highest BCUT2D eigenvalue weighted by atomic mass is 32.2. The summed E-state index contributed by atoms with van der Waals surface area (Å²) in [6, 6.07) is 2.71. The summed E-state index contributed by atoms with van der Waals surface area (Å²) in [4.78, 5) is 7.83.